The van der Waals surface area contributed by atoms with Crippen LogP contribution in [-0.4, -0.2) is 35.5 Å². The third kappa shape index (κ3) is 3.43. The van der Waals surface area contributed by atoms with E-state index in [1.807, 2.05) is 13.8 Å². The number of hydrogen-bond acceptors (Lipinski definition) is 3. The van der Waals surface area contributed by atoms with E-state index in [-0.39, 0.29) is 5.60 Å². The van der Waals surface area contributed by atoms with E-state index >= 15 is 0 Å². The zero-order valence-corrected chi connectivity index (χ0v) is 11.3. The van der Waals surface area contributed by atoms with Crippen molar-refractivity contribution in [2.24, 2.45) is 0 Å². The molecule has 17 heavy (non-hydrogen) atoms. The molecule has 1 heterocycles. The quantitative estimate of drug-likeness (QED) is 0.775. The van der Waals surface area contributed by atoms with Crippen LogP contribution in [0.4, 0.5) is 0 Å². The first kappa shape index (κ1) is 13.3. The lowest BCUT2D eigenvalue weighted by molar-refractivity contribution is -0.0372. The lowest BCUT2D eigenvalue weighted by atomic mass is 9.98. The molecule has 0 bridgehead atoms. The van der Waals surface area contributed by atoms with Gasteiger partial charge in [-0.2, -0.15) is 0 Å². The molecule has 3 nitrogen and oxygen atoms in total. The highest BCUT2D eigenvalue weighted by atomic mass is 16.5. The zero-order valence-electron chi connectivity index (χ0n) is 11.3. The van der Waals surface area contributed by atoms with Gasteiger partial charge < -0.3 is 15.2 Å². The van der Waals surface area contributed by atoms with Crippen molar-refractivity contribution in [1.29, 1.82) is 0 Å². The van der Waals surface area contributed by atoms with Gasteiger partial charge >= 0.3 is 0 Å². The number of nitrogens with one attached hydrogen (secondary N) is 1. The molecule has 3 heteroatoms. The van der Waals surface area contributed by atoms with E-state index in [9.17, 15) is 5.11 Å². The summed E-state index contributed by atoms with van der Waals surface area (Å²) in [5.74, 6) is 0. The smallest absolute Gasteiger partial charge is 0.0741 e. The van der Waals surface area contributed by atoms with Gasteiger partial charge in [0.15, 0.2) is 0 Å². The lowest BCUT2D eigenvalue weighted by Crippen LogP contribution is -2.40. The summed E-state index contributed by atoms with van der Waals surface area (Å²) in [4.78, 5) is 0. The van der Waals surface area contributed by atoms with E-state index in [1.54, 1.807) is 0 Å². The second kappa shape index (κ2) is 5.25. The monoisotopic (exact) mass is 241 g/mol. The number of rotatable bonds is 5. The normalized spacial score (nSPS) is 30.9. The lowest BCUT2D eigenvalue weighted by Gasteiger charge is -2.25. The fraction of sp³-hybridized carbons (Fsp3) is 1.00. The van der Waals surface area contributed by atoms with Crippen molar-refractivity contribution in [3.8, 4) is 0 Å². The van der Waals surface area contributed by atoms with Gasteiger partial charge in [0.2, 0.25) is 0 Å². The van der Waals surface area contributed by atoms with Gasteiger partial charge in [-0.3, -0.25) is 0 Å². The summed E-state index contributed by atoms with van der Waals surface area (Å²) in [6, 6.07) is 0. The van der Waals surface area contributed by atoms with Crippen LogP contribution in [0.15, 0.2) is 0 Å². The van der Waals surface area contributed by atoms with Gasteiger partial charge in [0.05, 0.1) is 17.3 Å². The summed E-state index contributed by atoms with van der Waals surface area (Å²) in [5.41, 5.74) is -0.344. The minimum atomic E-state index is -0.580. The molecule has 2 unspecified atom stereocenters. The van der Waals surface area contributed by atoms with Crippen LogP contribution >= 0.6 is 0 Å². The second-order valence-electron chi connectivity index (χ2n) is 6.15. The van der Waals surface area contributed by atoms with Crippen molar-refractivity contribution in [3.63, 3.8) is 0 Å². The molecule has 2 rings (SSSR count). The first-order chi connectivity index (χ1) is 8.05. The summed E-state index contributed by atoms with van der Waals surface area (Å²) < 4.78 is 6.21. The van der Waals surface area contributed by atoms with Crippen molar-refractivity contribution in [1.82, 2.24) is 5.32 Å². The van der Waals surface area contributed by atoms with Crippen LogP contribution < -0.4 is 5.32 Å². The Morgan fingerprint density at radius 1 is 1.35 bits per heavy atom. The molecule has 0 aromatic carbocycles. The SMILES string of the molecule is CCC(C)(O)CNCC1CCC2(CCCC2)O1. The van der Waals surface area contributed by atoms with Crippen LogP contribution in [0.5, 0.6) is 0 Å². The molecule has 0 amide bonds. The molecule has 2 aliphatic rings. The highest BCUT2D eigenvalue weighted by Gasteiger charge is 2.41. The number of ether oxygens (including phenoxy) is 1. The molecule has 1 aliphatic heterocycles. The van der Waals surface area contributed by atoms with Crippen LogP contribution in [0.3, 0.4) is 0 Å². The third-order valence-corrected chi connectivity index (χ3v) is 4.49. The maximum absolute atomic E-state index is 9.90. The van der Waals surface area contributed by atoms with Crippen molar-refractivity contribution >= 4 is 0 Å². The molecule has 0 aromatic rings. The summed E-state index contributed by atoms with van der Waals surface area (Å²) >= 11 is 0. The minimum Gasteiger partial charge on any atom is -0.389 e. The maximum Gasteiger partial charge on any atom is 0.0741 e. The topological polar surface area (TPSA) is 41.5 Å². The van der Waals surface area contributed by atoms with Gasteiger partial charge in [-0.05, 0) is 39.0 Å². The molecule has 1 spiro atoms. The molecule has 100 valence electrons. The number of aliphatic hydroxyl groups is 1. The van der Waals surface area contributed by atoms with E-state index < -0.39 is 5.60 Å². The summed E-state index contributed by atoms with van der Waals surface area (Å²) in [5, 5.41) is 13.2. The standard InChI is InChI=1S/C14H27NO2/c1-3-13(2,16)11-15-10-12-6-9-14(17-12)7-4-5-8-14/h12,15-16H,3-11H2,1-2H3. The Labute approximate surface area is 105 Å². The van der Waals surface area contributed by atoms with Crippen LogP contribution in [-0.2, 0) is 4.74 Å². The molecule has 1 saturated carbocycles. The van der Waals surface area contributed by atoms with Crippen molar-refractivity contribution in [2.45, 2.75) is 76.1 Å². The van der Waals surface area contributed by atoms with Crippen LogP contribution in [0.2, 0.25) is 0 Å². The Bertz CT molecular complexity index is 247. The van der Waals surface area contributed by atoms with Crippen molar-refractivity contribution < 1.29 is 9.84 Å². The molecular weight excluding hydrogens is 214 g/mol. The maximum atomic E-state index is 9.90. The molecular formula is C14H27NO2. The average molecular weight is 241 g/mol. The molecule has 0 radical (unpaired) electrons. The van der Waals surface area contributed by atoms with Crippen LogP contribution in [0.1, 0.15) is 58.8 Å². The Balaban J connectivity index is 1.68. The average Bonchev–Trinajstić information content (AvgIpc) is 2.90. The van der Waals surface area contributed by atoms with Gasteiger partial charge in [-0.1, -0.05) is 19.8 Å². The second-order valence-corrected chi connectivity index (χ2v) is 6.15. The third-order valence-electron chi connectivity index (χ3n) is 4.49. The van der Waals surface area contributed by atoms with E-state index in [0.29, 0.717) is 12.6 Å². The van der Waals surface area contributed by atoms with Gasteiger partial charge in [-0.25, -0.2) is 0 Å². The van der Waals surface area contributed by atoms with E-state index in [0.717, 1.165) is 13.0 Å². The van der Waals surface area contributed by atoms with E-state index in [4.69, 9.17) is 4.74 Å². The first-order valence-corrected chi connectivity index (χ1v) is 7.16. The summed E-state index contributed by atoms with van der Waals surface area (Å²) in [6.45, 7) is 5.45. The molecule has 0 aromatic heterocycles. The zero-order chi connectivity index (χ0) is 12.4. The predicted molar refractivity (Wildman–Crippen MR) is 69.1 cm³/mol. The Morgan fingerprint density at radius 2 is 2.06 bits per heavy atom. The van der Waals surface area contributed by atoms with Gasteiger partial charge in [0, 0.05) is 13.1 Å². The molecule has 2 atom stereocenters. The molecule has 2 fully saturated rings. The fourth-order valence-electron chi connectivity index (χ4n) is 3.05. The largest absolute Gasteiger partial charge is 0.389 e. The Hall–Kier alpha value is -0.120. The van der Waals surface area contributed by atoms with Gasteiger partial charge in [-0.15, -0.1) is 0 Å². The van der Waals surface area contributed by atoms with Crippen molar-refractivity contribution in [2.75, 3.05) is 13.1 Å². The van der Waals surface area contributed by atoms with E-state index in [1.165, 1.54) is 38.5 Å². The minimum absolute atomic E-state index is 0.236. The van der Waals surface area contributed by atoms with Crippen LogP contribution in [0, 0.1) is 0 Å². The van der Waals surface area contributed by atoms with Crippen LogP contribution in [0.25, 0.3) is 0 Å². The molecule has 1 aliphatic carbocycles. The highest BCUT2D eigenvalue weighted by molar-refractivity contribution is 4.93. The Morgan fingerprint density at radius 3 is 2.71 bits per heavy atom. The molecule has 2 N–H and O–H groups in total. The number of hydrogen-bond donors (Lipinski definition) is 2. The van der Waals surface area contributed by atoms with Gasteiger partial charge in [0.25, 0.3) is 0 Å². The Kier molecular flexibility index (Phi) is 4.11. The molecule has 1 saturated heterocycles. The highest BCUT2D eigenvalue weighted by Crippen LogP contribution is 2.43. The van der Waals surface area contributed by atoms with E-state index in [2.05, 4.69) is 5.32 Å². The first-order valence-electron chi connectivity index (χ1n) is 7.16. The summed E-state index contributed by atoms with van der Waals surface area (Å²) in [7, 11) is 0. The predicted octanol–water partition coefficient (Wildman–Crippen LogP) is 2.23. The van der Waals surface area contributed by atoms with Crippen molar-refractivity contribution in [3.05, 3.63) is 0 Å². The summed E-state index contributed by atoms with van der Waals surface area (Å²) in [6.07, 6.45) is 8.77. The fourth-order valence-corrected chi connectivity index (χ4v) is 3.05. The van der Waals surface area contributed by atoms with Gasteiger partial charge in [0.1, 0.15) is 0 Å².